The van der Waals surface area contributed by atoms with Crippen molar-refractivity contribution in [2.24, 2.45) is 10.4 Å². The van der Waals surface area contributed by atoms with Crippen molar-refractivity contribution in [3.05, 3.63) is 0 Å². The summed E-state index contributed by atoms with van der Waals surface area (Å²) in [7, 11) is 0. The molecule has 0 saturated carbocycles. The van der Waals surface area contributed by atoms with Gasteiger partial charge in [-0.05, 0) is 6.42 Å². The second-order valence-corrected chi connectivity index (χ2v) is 4.41. The number of nitrogens with zero attached hydrogens (tertiary/aromatic N) is 1. The first-order chi connectivity index (χ1) is 5.95. The van der Waals surface area contributed by atoms with Crippen molar-refractivity contribution in [1.82, 2.24) is 0 Å². The van der Waals surface area contributed by atoms with Gasteiger partial charge in [0, 0.05) is 5.41 Å². The maximum atomic E-state index is 11.3. The summed E-state index contributed by atoms with van der Waals surface area (Å²) in [6.07, 6.45) is 1.75. The smallest absolute Gasteiger partial charge is 0.337 e. The summed E-state index contributed by atoms with van der Waals surface area (Å²) in [5.41, 5.74) is -0.155. The van der Waals surface area contributed by atoms with Crippen LogP contribution in [0.15, 0.2) is 4.99 Å². The molecular weight excluding hydrogens is 166 g/mol. The molecule has 0 amide bonds. The van der Waals surface area contributed by atoms with Crippen molar-refractivity contribution in [3.63, 3.8) is 0 Å². The first-order valence-electron chi connectivity index (χ1n) is 4.75. The summed E-state index contributed by atoms with van der Waals surface area (Å²) in [5, 5.41) is 0. The van der Waals surface area contributed by atoms with E-state index in [4.69, 9.17) is 4.74 Å². The zero-order chi connectivity index (χ0) is 10.1. The van der Waals surface area contributed by atoms with Crippen LogP contribution in [0, 0.1) is 5.41 Å². The summed E-state index contributed by atoms with van der Waals surface area (Å²) in [4.78, 5) is 15.6. The number of carbonyl (C=O) groups is 1. The predicted molar refractivity (Wildman–Crippen MR) is 51.7 cm³/mol. The Morgan fingerprint density at radius 2 is 2.08 bits per heavy atom. The monoisotopic (exact) mass is 183 g/mol. The van der Waals surface area contributed by atoms with Gasteiger partial charge in [0.1, 0.15) is 0 Å². The first-order valence-corrected chi connectivity index (χ1v) is 4.75. The Balaban J connectivity index is 2.72. The van der Waals surface area contributed by atoms with E-state index < -0.39 is 0 Å². The van der Waals surface area contributed by atoms with E-state index in [1.165, 1.54) is 0 Å². The van der Waals surface area contributed by atoms with Crippen molar-refractivity contribution < 1.29 is 9.53 Å². The molecule has 1 aliphatic rings. The average molecular weight is 183 g/mol. The highest BCUT2D eigenvalue weighted by Crippen LogP contribution is 2.24. The van der Waals surface area contributed by atoms with Crippen LogP contribution in [-0.2, 0) is 9.53 Å². The minimum Gasteiger partial charge on any atom is -0.410 e. The summed E-state index contributed by atoms with van der Waals surface area (Å²) in [6, 6.07) is -0.251. The van der Waals surface area contributed by atoms with Crippen LogP contribution in [0.1, 0.15) is 40.5 Å². The van der Waals surface area contributed by atoms with Gasteiger partial charge in [-0.2, -0.15) is 0 Å². The Morgan fingerprint density at radius 3 is 2.46 bits per heavy atom. The zero-order valence-corrected chi connectivity index (χ0v) is 8.76. The third-order valence-corrected chi connectivity index (χ3v) is 1.95. The van der Waals surface area contributed by atoms with Crippen LogP contribution in [0.5, 0.6) is 0 Å². The lowest BCUT2D eigenvalue weighted by atomic mass is 9.97. The van der Waals surface area contributed by atoms with Crippen LogP contribution < -0.4 is 0 Å². The van der Waals surface area contributed by atoms with Gasteiger partial charge >= 0.3 is 5.97 Å². The molecule has 0 aromatic carbocycles. The van der Waals surface area contributed by atoms with Gasteiger partial charge < -0.3 is 4.74 Å². The molecule has 0 N–H and O–H groups in total. The minimum absolute atomic E-state index is 0.155. The molecule has 1 rings (SSSR count). The second kappa shape index (κ2) is 3.48. The molecular formula is C10H17NO2. The maximum absolute atomic E-state index is 11.3. The average Bonchev–Trinajstić information content (AvgIpc) is 2.32. The second-order valence-electron chi connectivity index (χ2n) is 4.41. The van der Waals surface area contributed by atoms with Gasteiger partial charge in [0.05, 0.1) is 0 Å². The third kappa shape index (κ3) is 2.29. The Bertz CT molecular complexity index is 238. The third-order valence-electron chi connectivity index (χ3n) is 1.95. The van der Waals surface area contributed by atoms with Crippen LogP contribution in [-0.4, -0.2) is 17.9 Å². The predicted octanol–water partition coefficient (Wildman–Crippen LogP) is 2.16. The number of aliphatic imine (C=N–C) groups is 1. The fraction of sp³-hybridized carbons (Fsp3) is 0.800. The quantitative estimate of drug-likeness (QED) is 0.615. The molecule has 0 radical (unpaired) electrons. The Kier molecular flexibility index (Phi) is 2.74. The number of hydrogen-bond donors (Lipinski definition) is 0. The van der Waals surface area contributed by atoms with Gasteiger partial charge in [0.15, 0.2) is 11.9 Å². The highest BCUT2D eigenvalue weighted by atomic mass is 16.6. The Labute approximate surface area is 79.2 Å². The molecule has 0 bridgehead atoms. The van der Waals surface area contributed by atoms with Gasteiger partial charge in [-0.3, -0.25) is 0 Å². The first kappa shape index (κ1) is 10.2. The summed E-state index contributed by atoms with van der Waals surface area (Å²) in [6.45, 7) is 8.02. The summed E-state index contributed by atoms with van der Waals surface area (Å²) >= 11 is 0. The molecule has 74 valence electrons. The van der Waals surface area contributed by atoms with Crippen molar-refractivity contribution >= 4 is 11.9 Å². The molecule has 0 aliphatic carbocycles. The minimum atomic E-state index is -0.251. The van der Waals surface area contributed by atoms with E-state index in [9.17, 15) is 4.79 Å². The molecule has 0 unspecified atom stereocenters. The Morgan fingerprint density at radius 1 is 1.46 bits per heavy atom. The number of carbonyl (C=O) groups excluding carboxylic acids is 1. The fourth-order valence-electron chi connectivity index (χ4n) is 1.19. The fourth-order valence-corrected chi connectivity index (χ4v) is 1.19. The van der Waals surface area contributed by atoms with E-state index in [-0.39, 0.29) is 17.4 Å². The number of rotatable bonds is 2. The maximum Gasteiger partial charge on any atom is 0.337 e. The molecule has 0 aromatic rings. The number of esters is 1. The molecule has 3 heteroatoms. The Hall–Kier alpha value is -0.860. The van der Waals surface area contributed by atoms with Crippen molar-refractivity contribution in [2.45, 2.75) is 46.6 Å². The van der Waals surface area contributed by atoms with Crippen LogP contribution in [0.3, 0.4) is 0 Å². The zero-order valence-electron chi connectivity index (χ0n) is 8.76. The SMILES string of the molecule is CCC[C@H]1N=C(C(C)(C)C)OC1=O. The number of hydrogen-bond acceptors (Lipinski definition) is 3. The van der Waals surface area contributed by atoms with Gasteiger partial charge in [0.25, 0.3) is 0 Å². The van der Waals surface area contributed by atoms with Crippen LogP contribution in [0.2, 0.25) is 0 Å². The van der Waals surface area contributed by atoms with Gasteiger partial charge in [-0.15, -0.1) is 0 Å². The van der Waals surface area contributed by atoms with Crippen molar-refractivity contribution in [2.75, 3.05) is 0 Å². The van der Waals surface area contributed by atoms with Gasteiger partial charge in [-0.25, -0.2) is 9.79 Å². The largest absolute Gasteiger partial charge is 0.410 e. The van der Waals surface area contributed by atoms with E-state index >= 15 is 0 Å². The molecule has 0 aromatic heterocycles. The van der Waals surface area contributed by atoms with Crippen molar-refractivity contribution in [1.29, 1.82) is 0 Å². The van der Waals surface area contributed by atoms with Crippen molar-refractivity contribution in [3.8, 4) is 0 Å². The van der Waals surface area contributed by atoms with E-state index in [0.29, 0.717) is 5.90 Å². The van der Waals surface area contributed by atoms with E-state index in [1.54, 1.807) is 0 Å². The molecule has 1 aliphatic heterocycles. The normalized spacial score (nSPS) is 22.9. The van der Waals surface area contributed by atoms with Crippen LogP contribution in [0.25, 0.3) is 0 Å². The lowest BCUT2D eigenvalue weighted by Crippen LogP contribution is -2.21. The summed E-state index contributed by atoms with van der Waals surface area (Å²) < 4.78 is 5.10. The van der Waals surface area contributed by atoms with Gasteiger partial charge in [0.2, 0.25) is 0 Å². The molecule has 0 fully saturated rings. The molecule has 0 spiro atoms. The van der Waals surface area contributed by atoms with E-state index in [2.05, 4.69) is 4.99 Å². The van der Waals surface area contributed by atoms with E-state index in [0.717, 1.165) is 12.8 Å². The van der Waals surface area contributed by atoms with E-state index in [1.807, 2.05) is 27.7 Å². The molecule has 0 saturated heterocycles. The number of cyclic esters (lactones) is 1. The lowest BCUT2D eigenvalue weighted by molar-refractivity contribution is -0.135. The lowest BCUT2D eigenvalue weighted by Gasteiger charge is -2.15. The van der Waals surface area contributed by atoms with Gasteiger partial charge in [-0.1, -0.05) is 34.1 Å². The summed E-state index contributed by atoms with van der Waals surface area (Å²) in [5.74, 6) is 0.391. The van der Waals surface area contributed by atoms with Crippen LogP contribution in [0.4, 0.5) is 0 Å². The topological polar surface area (TPSA) is 38.7 Å². The highest BCUT2D eigenvalue weighted by Gasteiger charge is 2.34. The molecule has 3 nitrogen and oxygen atoms in total. The molecule has 1 atom stereocenters. The molecule has 1 heterocycles. The molecule has 13 heavy (non-hydrogen) atoms. The number of ether oxygens (including phenoxy) is 1. The van der Waals surface area contributed by atoms with Crippen LogP contribution >= 0.6 is 0 Å². The highest BCUT2D eigenvalue weighted by molar-refractivity contribution is 5.99. The standard InChI is InChI=1S/C10H17NO2/c1-5-6-7-8(12)13-9(11-7)10(2,3)4/h7H,5-6H2,1-4H3/t7-/m1/s1.